The van der Waals surface area contributed by atoms with Gasteiger partial charge in [-0.25, -0.2) is 0 Å². The van der Waals surface area contributed by atoms with Gasteiger partial charge in [0.15, 0.2) is 0 Å². The Labute approximate surface area is 68.6 Å². The highest BCUT2D eigenvalue weighted by molar-refractivity contribution is 4.86. The monoisotopic (exact) mass is 158 g/mol. The third-order valence-electron chi connectivity index (χ3n) is 2.57. The molecular weight excluding hydrogens is 140 g/mol. The number of aliphatic hydroxyl groups is 1. The molecule has 0 aromatic rings. The molecule has 0 unspecified atom stereocenters. The first-order valence-electron chi connectivity index (χ1n) is 4.34. The van der Waals surface area contributed by atoms with Crippen LogP contribution in [0.15, 0.2) is 0 Å². The van der Waals surface area contributed by atoms with Gasteiger partial charge in [-0.3, -0.25) is 0 Å². The predicted octanol–water partition coefficient (Wildman–Crippen LogP) is 1.43. The van der Waals surface area contributed by atoms with Crippen LogP contribution in [-0.4, -0.2) is 23.9 Å². The number of hydrogen-bond acceptors (Lipinski definition) is 2. The largest absolute Gasteiger partial charge is 0.387 e. The van der Waals surface area contributed by atoms with E-state index in [-0.39, 0.29) is 0 Å². The van der Waals surface area contributed by atoms with Gasteiger partial charge < -0.3 is 9.84 Å². The maximum Gasteiger partial charge on any atom is 0.0883 e. The molecule has 1 heterocycles. The van der Waals surface area contributed by atoms with Crippen LogP contribution < -0.4 is 0 Å². The molecule has 1 aliphatic rings. The van der Waals surface area contributed by atoms with E-state index < -0.39 is 5.60 Å². The average molecular weight is 158 g/mol. The van der Waals surface area contributed by atoms with Crippen LogP contribution in [0.3, 0.4) is 0 Å². The van der Waals surface area contributed by atoms with Gasteiger partial charge in [0, 0.05) is 6.61 Å². The van der Waals surface area contributed by atoms with Crippen LogP contribution in [0.1, 0.15) is 27.2 Å². The Morgan fingerprint density at radius 2 is 2.18 bits per heavy atom. The topological polar surface area (TPSA) is 29.5 Å². The molecular formula is C9H18O2. The standard InChI is InChI=1S/C9H18O2/c1-7(2)8-4-5-11-6-9(8,3)10/h7-8,10H,4-6H2,1-3H3/t8-,9-/m0/s1. The zero-order valence-corrected chi connectivity index (χ0v) is 7.63. The molecule has 0 saturated carbocycles. The van der Waals surface area contributed by atoms with Crippen LogP contribution in [0.25, 0.3) is 0 Å². The minimum Gasteiger partial charge on any atom is -0.387 e. The predicted molar refractivity (Wildman–Crippen MR) is 44.4 cm³/mol. The minimum absolute atomic E-state index is 0.399. The molecule has 0 aliphatic carbocycles. The van der Waals surface area contributed by atoms with Crippen molar-refractivity contribution in [1.29, 1.82) is 0 Å². The van der Waals surface area contributed by atoms with Gasteiger partial charge in [0.05, 0.1) is 12.2 Å². The van der Waals surface area contributed by atoms with Crippen LogP contribution in [-0.2, 0) is 4.74 Å². The number of hydrogen-bond donors (Lipinski definition) is 1. The summed E-state index contributed by atoms with van der Waals surface area (Å²) in [5.74, 6) is 0.949. The third kappa shape index (κ3) is 1.94. The number of ether oxygens (including phenoxy) is 1. The normalized spacial score (nSPS) is 39.5. The molecule has 0 spiro atoms. The smallest absolute Gasteiger partial charge is 0.0883 e. The SMILES string of the molecule is CC(C)[C@@H]1CCOC[C@]1(C)O. The molecule has 1 fully saturated rings. The van der Waals surface area contributed by atoms with Crippen molar-refractivity contribution in [3.63, 3.8) is 0 Å². The Balaban J connectivity index is 2.60. The molecule has 0 amide bonds. The fourth-order valence-corrected chi connectivity index (χ4v) is 1.96. The third-order valence-corrected chi connectivity index (χ3v) is 2.57. The van der Waals surface area contributed by atoms with Crippen LogP contribution >= 0.6 is 0 Å². The molecule has 1 saturated heterocycles. The van der Waals surface area contributed by atoms with Crippen molar-refractivity contribution in [3.8, 4) is 0 Å². The summed E-state index contributed by atoms with van der Waals surface area (Å²) in [5, 5.41) is 9.88. The second kappa shape index (κ2) is 3.11. The summed E-state index contributed by atoms with van der Waals surface area (Å²) < 4.78 is 5.22. The molecule has 1 N–H and O–H groups in total. The van der Waals surface area contributed by atoms with Gasteiger partial charge in [0.2, 0.25) is 0 Å². The molecule has 11 heavy (non-hydrogen) atoms. The summed E-state index contributed by atoms with van der Waals surface area (Å²) in [6.45, 7) is 7.49. The van der Waals surface area contributed by atoms with Crippen molar-refractivity contribution in [2.45, 2.75) is 32.8 Å². The quantitative estimate of drug-likeness (QED) is 0.625. The van der Waals surface area contributed by atoms with E-state index in [1.54, 1.807) is 0 Å². The van der Waals surface area contributed by atoms with Gasteiger partial charge in [0.1, 0.15) is 0 Å². The van der Waals surface area contributed by atoms with E-state index in [1.165, 1.54) is 0 Å². The Bertz CT molecular complexity index is 130. The first-order valence-corrected chi connectivity index (χ1v) is 4.34. The lowest BCUT2D eigenvalue weighted by molar-refractivity contribution is -0.126. The molecule has 0 radical (unpaired) electrons. The lowest BCUT2D eigenvalue weighted by Gasteiger charge is -2.39. The van der Waals surface area contributed by atoms with Crippen molar-refractivity contribution < 1.29 is 9.84 Å². The van der Waals surface area contributed by atoms with Gasteiger partial charge in [0.25, 0.3) is 0 Å². The Kier molecular flexibility index (Phi) is 2.55. The average Bonchev–Trinajstić information content (AvgIpc) is 1.85. The molecule has 2 heteroatoms. The molecule has 0 aromatic carbocycles. The lowest BCUT2D eigenvalue weighted by atomic mass is 9.78. The van der Waals surface area contributed by atoms with Gasteiger partial charge in [-0.2, -0.15) is 0 Å². The molecule has 2 nitrogen and oxygen atoms in total. The highest BCUT2D eigenvalue weighted by atomic mass is 16.5. The second-order valence-electron chi connectivity index (χ2n) is 4.05. The summed E-state index contributed by atoms with van der Waals surface area (Å²) in [6.07, 6.45) is 0.991. The maximum atomic E-state index is 9.88. The van der Waals surface area contributed by atoms with E-state index >= 15 is 0 Å². The summed E-state index contributed by atoms with van der Waals surface area (Å²) in [4.78, 5) is 0. The Morgan fingerprint density at radius 3 is 2.55 bits per heavy atom. The fraction of sp³-hybridized carbons (Fsp3) is 1.00. The minimum atomic E-state index is -0.605. The van der Waals surface area contributed by atoms with E-state index in [2.05, 4.69) is 13.8 Å². The molecule has 0 aromatic heterocycles. The summed E-state index contributed by atoms with van der Waals surface area (Å²) in [5.41, 5.74) is -0.605. The van der Waals surface area contributed by atoms with Gasteiger partial charge in [-0.1, -0.05) is 13.8 Å². The van der Waals surface area contributed by atoms with E-state index in [0.717, 1.165) is 13.0 Å². The van der Waals surface area contributed by atoms with E-state index in [0.29, 0.717) is 18.4 Å². The molecule has 1 aliphatic heterocycles. The first kappa shape index (κ1) is 9.01. The van der Waals surface area contributed by atoms with Gasteiger partial charge >= 0.3 is 0 Å². The van der Waals surface area contributed by atoms with Gasteiger partial charge in [-0.15, -0.1) is 0 Å². The van der Waals surface area contributed by atoms with Crippen molar-refractivity contribution in [3.05, 3.63) is 0 Å². The zero-order valence-electron chi connectivity index (χ0n) is 7.63. The van der Waals surface area contributed by atoms with Crippen LogP contribution in [0.5, 0.6) is 0 Å². The zero-order chi connectivity index (χ0) is 8.48. The molecule has 2 atom stereocenters. The van der Waals surface area contributed by atoms with Crippen molar-refractivity contribution in [2.75, 3.05) is 13.2 Å². The van der Waals surface area contributed by atoms with Crippen LogP contribution in [0.2, 0.25) is 0 Å². The highest BCUT2D eigenvalue weighted by Gasteiger charge is 2.36. The van der Waals surface area contributed by atoms with Crippen molar-refractivity contribution in [2.24, 2.45) is 11.8 Å². The lowest BCUT2D eigenvalue weighted by Crippen LogP contribution is -2.46. The molecule has 0 bridgehead atoms. The Morgan fingerprint density at radius 1 is 1.55 bits per heavy atom. The van der Waals surface area contributed by atoms with E-state index in [9.17, 15) is 5.11 Å². The Hall–Kier alpha value is -0.0800. The van der Waals surface area contributed by atoms with Crippen molar-refractivity contribution in [1.82, 2.24) is 0 Å². The summed E-state index contributed by atoms with van der Waals surface area (Å²) >= 11 is 0. The molecule has 1 rings (SSSR count). The fourth-order valence-electron chi connectivity index (χ4n) is 1.96. The van der Waals surface area contributed by atoms with Crippen LogP contribution in [0, 0.1) is 11.8 Å². The van der Waals surface area contributed by atoms with Crippen molar-refractivity contribution >= 4 is 0 Å². The highest BCUT2D eigenvalue weighted by Crippen LogP contribution is 2.31. The first-order chi connectivity index (χ1) is 5.04. The van der Waals surface area contributed by atoms with E-state index in [1.807, 2.05) is 6.92 Å². The summed E-state index contributed by atoms with van der Waals surface area (Å²) in [7, 11) is 0. The van der Waals surface area contributed by atoms with Crippen LogP contribution in [0.4, 0.5) is 0 Å². The van der Waals surface area contributed by atoms with Gasteiger partial charge in [-0.05, 0) is 25.2 Å². The maximum absolute atomic E-state index is 9.88. The molecule has 66 valence electrons. The van der Waals surface area contributed by atoms with E-state index in [4.69, 9.17) is 4.74 Å². The number of rotatable bonds is 1. The summed E-state index contributed by atoms with van der Waals surface area (Å²) in [6, 6.07) is 0. The second-order valence-corrected chi connectivity index (χ2v) is 4.05.